The summed E-state index contributed by atoms with van der Waals surface area (Å²) in [6.45, 7) is 0.998. The van der Waals surface area contributed by atoms with Crippen LogP contribution in [-0.4, -0.2) is 62.1 Å². The van der Waals surface area contributed by atoms with Gasteiger partial charge in [0.15, 0.2) is 16.7 Å². The van der Waals surface area contributed by atoms with E-state index in [0.29, 0.717) is 29.7 Å². The zero-order valence-corrected chi connectivity index (χ0v) is 22.9. The number of anilines is 1. The number of thiophene rings is 1. The Morgan fingerprint density at radius 3 is 2.68 bits per heavy atom. The Morgan fingerprint density at radius 2 is 1.98 bits per heavy atom. The molecule has 2 aromatic carbocycles. The first kappa shape index (κ1) is 28.0. The van der Waals surface area contributed by atoms with E-state index < -0.39 is 23.9 Å². The Balaban J connectivity index is 1.27. The standard InChI is InChI=1S/C27H23FN6O5S2/c28-18-11-16(32-26(40)33-22(35)10-15-4-2-1-3-5-15)6-7-20(18)39-24-23-19(30-14-31-24)12-21(41-23)25(36)34(27(37)38)17-8-9-29-13-17/h1-7,11-12,14,17,29H,8-10,13H2,(H,37,38)(H2,32,33,35,40). The van der Waals surface area contributed by atoms with E-state index in [1.165, 1.54) is 24.5 Å². The predicted octanol–water partition coefficient (Wildman–Crippen LogP) is 4.16. The molecule has 3 amide bonds. The molecule has 210 valence electrons. The third-order valence-electron chi connectivity index (χ3n) is 6.17. The molecule has 1 saturated heterocycles. The van der Waals surface area contributed by atoms with Crippen molar-refractivity contribution in [1.29, 1.82) is 0 Å². The first-order valence-electron chi connectivity index (χ1n) is 12.4. The number of thiocarbonyl (C=S) groups is 1. The van der Waals surface area contributed by atoms with Crippen LogP contribution < -0.4 is 20.7 Å². The lowest BCUT2D eigenvalue weighted by atomic mass is 10.1. The van der Waals surface area contributed by atoms with Crippen molar-refractivity contribution in [3.8, 4) is 11.6 Å². The van der Waals surface area contributed by atoms with Crippen molar-refractivity contribution in [3.63, 3.8) is 0 Å². The molecule has 5 rings (SSSR count). The molecule has 0 saturated carbocycles. The van der Waals surface area contributed by atoms with E-state index in [-0.39, 0.29) is 39.6 Å². The van der Waals surface area contributed by atoms with Crippen molar-refractivity contribution in [2.24, 2.45) is 0 Å². The van der Waals surface area contributed by atoms with Crippen molar-refractivity contribution >= 4 is 62.5 Å². The molecule has 0 radical (unpaired) electrons. The fourth-order valence-electron chi connectivity index (χ4n) is 4.28. The third-order valence-corrected chi connectivity index (χ3v) is 7.47. The molecule has 1 fully saturated rings. The molecule has 4 N–H and O–H groups in total. The fraction of sp³-hybridized carbons (Fsp3) is 0.185. The number of carbonyl (C=O) groups is 3. The molecule has 3 heterocycles. The number of imide groups is 1. The number of carbonyl (C=O) groups excluding carboxylic acids is 2. The Hall–Kier alpha value is -4.53. The monoisotopic (exact) mass is 594 g/mol. The number of carboxylic acid groups (broad SMARTS) is 1. The molecular weight excluding hydrogens is 571 g/mol. The molecule has 1 aliphatic rings. The van der Waals surface area contributed by atoms with E-state index in [0.717, 1.165) is 27.9 Å². The molecule has 0 bridgehead atoms. The number of nitrogens with one attached hydrogen (secondary N) is 3. The zero-order valence-electron chi connectivity index (χ0n) is 21.3. The lowest BCUT2D eigenvalue weighted by molar-refractivity contribution is -0.119. The Morgan fingerprint density at radius 1 is 1.17 bits per heavy atom. The van der Waals surface area contributed by atoms with Crippen molar-refractivity contribution in [2.45, 2.75) is 18.9 Å². The van der Waals surface area contributed by atoms with Gasteiger partial charge in [0.1, 0.15) is 11.0 Å². The smallest absolute Gasteiger partial charge is 0.414 e. The fourth-order valence-corrected chi connectivity index (χ4v) is 5.48. The molecule has 0 spiro atoms. The van der Waals surface area contributed by atoms with Gasteiger partial charge in [-0.25, -0.2) is 24.1 Å². The van der Waals surface area contributed by atoms with Gasteiger partial charge in [0.25, 0.3) is 5.91 Å². The van der Waals surface area contributed by atoms with Crippen LogP contribution in [0.2, 0.25) is 0 Å². The van der Waals surface area contributed by atoms with Crippen LogP contribution in [0.15, 0.2) is 60.9 Å². The van der Waals surface area contributed by atoms with Gasteiger partial charge in [-0.15, -0.1) is 11.3 Å². The Bertz CT molecular complexity index is 1630. The summed E-state index contributed by atoms with van der Waals surface area (Å²) in [6.07, 6.45) is 0.527. The van der Waals surface area contributed by atoms with E-state index >= 15 is 0 Å². The SMILES string of the molecule is O=C(Cc1ccccc1)NC(=S)Nc1ccc(Oc2ncnc3cc(C(=O)N(C(=O)O)C4CCNC4)sc23)c(F)c1. The average molecular weight is 595 g/mol. The maximum atomic E-state index is 15.0. The van der Waals surface area contributed by atoms with Crippen molar-refractivity contribution < 1.29 is 28.6 Å². The van der Waals surface area contributed by atoms with E-state index in [2.05, 4.69) is 25.9 Å². The summed E-state index contributed by atoms with van der Waals surface area (Å²) in [6, 6.07) is 14.2. The van der Waals surface area contributed by atoms with Gasteiger partial charge in [0.2, 0.25) is 11.8 Å². The third kappa shape index (κ3) is 6.62. The number of fused-ring (bicyclic) bond motifs is 1. The molecule has 4 aromatic rings. The number of halogens is 1. The molecule has 14 heteroatoms. The molecule has 1 aliphatic heterocycles. The number of amides is 3. The molecular formula is C27H23FN6O5S2. The van der Waals surface area contributed by atoms with Crippen molar-refractivity contribution in [2.75, 3.05) is 18.4 Å². The lowest BCUT2D eigenvalue weighted by Gasteiger charge is -2.22. The number of ether oxygens (including phenoxy) is 1. The maximum absolute atomic E-state index is 15.0. The van der Waals surface area contributed by atoms with Gasteiger partial charge in [0, 0.05) is 18.3 Å². The van der Waals surface area contributed by atoms with E-state index in [1.54, 1.807) is 0 Å². The highest BCUT2D eigenvalue weighted by Crippen LogP contribution is 2.35. The Labute approximate surface area is 242 Å². The number of rotatable bonds is 7. The van der Waals surface area contributed by atoms with Gasteiger partial charge in [-0.2, -0.15) is 0 Å². The highest BCUT2D eigenvalue weighted by Gasteiger charge is 2.33. The zero-order chi connectivity index (χ0) is 28.9. The number of aromatic nitrogens is 2. The summed E-state index contributed by atoms with van der Waals surface area (Å²) in [5.74, 6) is -1.87. The summed E-state index contributed by atoms with van der Waals surface area (Å²) in [5.41, 5.74) is 1.46. The first-order chi connectivity index (χ1) is 19.8. The minimum Gasteiger partial charge on any atom is -0.465 e. The molecule has 1 atom stereocenters. The summed E-state index contributed by atoms with van der Waals surface area (Å²) >= 11 is 6.13. The second-order valence-corrected chi connectivity index (χ2v) is 10.5. The van der Waals surface area contributed by atoms with Crippen LogP contribution >= 0.6 is 23.6 Å². The van der Waals surface area contributed by atoms with E-state index in [4.69, 9.17) is 17.0 Å². The van der Waals surface area contributed by atoms with Gasteiger partial charge in [0.05, 0.1) is 22.9 Å². The normalized spacial score (nSPS) is 14.4. The largest absolute Gasteiger partial charge is 0.465 e. The van der Waals surface area contributed by atoms with Crippen LogP contribution in [0.1, 0.15) is 21.7 Å². The number of benzene rings is 2. The van der Waals surface area contributed by atoms with Crippen LogP contribution in [0.25, 0.3) is 10.2 Å². The topological polar surface area (TPSA) is 146 Å². The van der Waals surface area contributed by atoms with Crippen LogP contribution in [0.4, 0.5) is 14.9 Å². The summed E-state index contributed by atoms with van der Waals surface area (Å²) in [5, 5.41) is 18.0. The molecule has 1 unspecified atom stereocenters. The maximum Gasteiger partial charge on any atom is 0.414 e. The number of hydrogen-bond donors (Lipinski definition) is 4. The van der Waals surface area contributed by atoms with Gasteiger partial charge in [-0.1, -0.05) is 30.3 Å². The van der Waals surface area contributed by atoms with E-state index in [9.17, 15) is 23.9 Å². The van der Waals surface area contributed by atoms with Gasteiger partial charge < -0.3 is 25.8 Å². The molecule has 41 heavy (non-hydrogen) atoms. The van der Waals surface area contributed by atoms with Crippen molar-refractivity contribution in [3.05, 3.63) is 77.2 Å². The van der Waals surface area contributed by atoms with Gasteiger partial charge >= 0.3 is 6.09 Å². The Kier molecular flexibility index (Phi) is 8.42. The summed E-state index contributed by atoms with van der Waals surface area (Å²) < 4.78 is 21.0. The molecule has 2 aromatic heterocycles. The van der Waals surface area contributed by atoms with Gasteiger partial charge in [-0.3, -0.25) is 9.59 Å². The predicted molar refractivity (Wildman–Crippen MR) is 154 cm³/mol. The minimum atomic E-state index is -1.34. The minimum absolute atomic E-state index is 0.00626. The highest BCUT2D eigenvalue weighted by atomic mass is 32.1. The van der Waals surface area contributed by atoms with Crippen LogP contribution in [0.5, 0.6) is 11.6 Å². The second-order valence-electron chi connectivity index (χ2n) is 9.02. The average Bonchev–Trinajstić information content (AvgIpc) is 3.61. The second kappa shape index (κ2) is 12.3. The first-order valence-corrected chi connectivity index (χ1v) is 13.6. The van der Waals surface area contributed by atoms with Crippen LogP contribution in [0, 0.1) is 5.82 Å². The van der Waals surface area contributed by atoms with Crippen LogP contribution in [0.3, 0.4) is 0 Å². The molecule has 0 aliphatic carbocycles. The van der Waals surface area contributed by atoms with E-state index in [1.807, 2.05) is 30.3 Å². The number of hydrogen-bond acceptors (Lipinski definition) is 9. The highest BCUT2D eigenvalue weighted by molar-refractivity contribution is 7.80. The van der Waals surface area contributed by atoms with Crippen LogP contribution in [-0.2, 0) is 11.2 Å². The summed E-state index contributed by atoms with van der Waals surface area (Å²) in [4.78, 5) is 46.3. The number of nitrogens with zero attached hydrogens (tertiary/aromatic N) is 3. The summed E-state index contributed by atoms with van der Waals surface area (Å²) in [7, 11) is 0. The van der Waals surface area contributed by atoms with Gasteiger partial charge in [-0.05, 0) is 48.9 Å². The lowest BCUT2D eigenvalue weighted by Crippen LogP contribution is -2.44. The quantitative estimate of drug-likeness (QED) is 0.230. The molecule has 11 nitrogen and oxygen atoms in total. The van der Waals surface area contributed by atoms with Crippen molar-refractivity contribution in [1.82, 2.24) is 25.5 Å².